The summed E-state index contributed by atoms with van der Waals surface area (Å²) in [4.78, 5) is 48.4. The third-order valence-electron chi connectivity index (χ3n) is 4.00. The van der Waals surface area contributed by atoms with Gasteiger partial charge >= 0.3 is 0 Å². The molecule has 0 N–H and O–H groups in total. The normalized spacial score (nSPS) is 17.8. The van der Waals surface area contributed by atoms with Gasteiger partial charge in [0, 0.05) is 29.7 Å². The van der Waals surface area contributed by atoms with E-state index in [1.54, 1.807) is 11.8 Å². The topological polar surface area (TPSA) is 74.8 Å². The van der Waals surface area contributed by atoms with Crippen LogP contribution in [0.3, 0.4) is 0 Å². The number of thiol groups is 1. The Bertz CT molecular complexity index is 629. The van der Waals surface area contributed by atoms with Gasteiger partial charge in [0.15, 0.2) is 0 Å². The summed E-state index contributed by atoms with van der Waals surface area (Å²) in [6.07, 6.45) is 5.20. The lowest BCUT2D eigenvalue weighted by Crippen LogP contribution is -2.45. The number of likely N-dealkylation sites (tertiary alicyclic amines) is 1. The first-order valence-corrected chi connectivity index (χ1v) is 12.1. The number of hydrogen-bond donors (Lipinski definition) is 1. The fourth-order valence-corrected chi connectivity index (χ4v) is 3.79. The first-order valence-electron chi connectivity index (χ1n) is 10.4. The predicted octanol–water partition coefficient (Wildman–Crippen LogP) is 5.36. The van der Waals surface area contributed by atoms with Gasteiger partial charge in [-0.25, -0.2) is 0 Å². The molecule has 188 valence electrons. The quantitative estimate of drug-likeness (QED) is 0.424. The smallest absolute Gasteiger partial charge is 0.254 e. The van der Waals surface area contributed by atoms with Crippen molar-refractivity contribution in [2.75, 3.05) is 11.5 Å². The van der Waals surface area contributed by atoms with E-state index < -0.39 is 5.54 Å². The van der Waals surface area contributed by atoms with Crippen LogP contribution in [0.2, 0.25) is 0 Å². The Morgan fingerprint density at radius 1 is 0.875 bits per heavy atom. The molecule has 8 heteroatoms. The van der Waals surface area contributed by atoms with Crippen LogP contribution >= 0.6 is 24.4 Å². The van der Waals surface area contributed by atoms with Crippen molar-refractivity contribution in [2.24, 2.45) is 0 Å². The molecule has 0 spiro atoms. The summed E-state index contributed by atoms with van der Waals surface area (Å²) in [7, 11) is 0. The molecule has 2 heterocycles. The van der Waals surface area contributed by atoms with Crippen LogP contribution in [-0.2, 0) is 19.2 Å². The number of carbonyl (C=O) groups excluding carboxylic acids is 4. The minimum absolute atomic E-state index is 0. The van der Waals surface area contributed by atoms with Crippen LogP contribution < -0.4 is 0 Å². The first kappa shape index (κ1) is 35.3. The van der Waals surface area contributed by atoms with Crippen molar-refractivity contribution in [3.05, 3.63) is 12.2 Å². The second-order valence-corrected chi connectivity index (χ2v) is 10.8. The van der Waals surface area contributed by atoms with Crippen LogP contribution in [0.1, 0.15) is 89.5 Å². The molecule has 2 aliphatic rings. The Kier molecular flexibility index (Phi) is 17.1. The molecule has 0 aliphatic carbocycles. The number of hydrogen-bond acceptors (Lipinski definition) is 6. The van der Waals surface area contributed by atoms with Crippen LogP contribution in [0.4, 0.5) is 0 Å². The van der Waals surface area contributed by atoms with Crippen LogP contribution in [0.15, 0.2) is 12.2 Å². The first-order chi connectivity index (χ1) is 13.7. The minimum Gasteiger partial charge on any atom is -0.276 e. The van der Waals surface area contributed by atoms with Gasteiger partial charge in [-0.05, 0) is 65.9 Å². The van der Waals surface area contributed by atoms with Crippen LogP contribution in [0.25, 0.3) is 0 Å². The number of thioether (sulfide) groups is 1. The van der Waals surface area contributed by atoms with E-state index in [1.807, 2.05) is 41.5 Å². The van der Waals surface area contributed by atoms with Gasteiger partial charge in [0.05, 0.1) is 5.25 Å². The predicted molar refractivity (Wildman–Crippen MR) is 141 cm³/mol. The van der Waals surface area contributed by atoms with E-state index >= 15 is 0 Å². The molecule has 0 aromatic rings. The lowest BCUT2D eigenvalue weighted by atomic mass is 10.1. The van der Waals surface area contributed by atoms with Crippen molar-refractivity contribution in [3.63, 3.8) is 0 Å². The average molecular weight is 491 g/mol. The van der Waals surface area contributed by atoms with Gasteiger partial charge in [-0.2, -0.15) is 12.6 Å². The van der Waals surface area contributed by atoms with E-state index in [-0.39, 0.29) is 49.3 Å². The molecule has 2 rings (SSSR count). The highest BCUT2D eigenvalue weighted by atomic mass is 32.2. The summed E-state index contributed by atoms with van der Waals surface area (Å²) >= 11 is 5.52. The summed E-state index contributed by atoms with van der Waals surface area (Å²) in [6, 6.07) is 0. The van der Waals surface area contributed by atoms with Gasteiger partial charge in [-0.3, -0.25) is 29.0 Å². The van der Waals surface area contributed by atoms with Crippen molar-refractivity contribution >= 4 is 48.0 Å². The monoisotopic (exact) mass is 490 g/mol. The van der Waals surface area contributed by atoms with Crippen molar-refractivity contribution in [2.45, 2.75) is 106 Å². The maximum atomic E-state index is 12.0. The molecule has 0 aromatic carbocycles. The Labute approximate surface area is 206 Å². The molecule has 4 amide bonds. The van der Waals surface area contributed by atoms with E-state index in [1.165, 1.54) is 28.4 Å². The van der Waals surface area contributed by atoms with Gasteiger partial charge in [0.25, 0.3) is 11.8 Å². The van der Waals surface area contributed by atoms with Crippen molar-refractivity contribution in [1.82, 2.24) is 9.80 Å². The van der Waals surface area contributed by atoms with Gasteiger partial charge in [-0.15, -0.1) is 11.8 Å². The van der Waals surface area contributed by atoms with Gasteiger partial charge < -0.3 is 0 Å². The number of nitrogens with zero attached hydrogens (tertiary/aromatic N) is 2. The third-order valence-corrected chi connectivity index (χ3v) is 5.86. The van der Waals surface area contributed by atoms with Crippen LogP contribution in [-0.4, -0.2) is 61.3 Å². The number of imide groups is 2. The van der Waals surface area contributed by atoms with Gasteiger partial charge in [0.2, 0.25) is 11.8 Å². The summed E-state index contributed by atoms with van der Waals surface area (Å²) in [5.41, 5.74) is -0.784. The van der Waals surface area contributed by atoms with Gasteiger partial charge in [-0.1, -0.05) is 28.7 Å². The Balaban J connectivity index is -0.000000439. The Hall–Kier alpha value is -1.28. The summed E-state index contributed by atoms with van der Waals surface area (Å²) in [5.74, 6) is 1.49. The number of rotatable bonds is 4. The minimum atomic E-state index is -0.405. The van der Waals surface area contributed by atoms with Crippen LogP contribution in [0.5, 0.6) is 0 Å². The second-order valence-electron chi connectivity index (χ2n) is 9.04. The maximum absolute atomic E-state index is 12.0. The molecule has 0 saturated carbocycles. The third kappa shape index (κ3) is 11.0. The van der Waals surface area contributed by atoms with Gasteiger partial charge in [0.1, 0.15) is 0 Å². The average Bonchev–Trinajstić information content (AvgIpc) is 3.11. The molecule has 1 atom stereocenters. The molecule has 0 aromatic heterocycles. The lowest BCUT2D eigenvalue weighted by molar-refractivity contribution is -0.144. The van der Waals surface area contributed by atoms with E-state index in [0.29, 0.717) is 6.42 Å². The van der Waals surface area contributed by atoms with E-state index in [2.05, 4.69) is 26.5 Å². The molecule has 1 fully saturated rings. The lowest BCUT2D eigenvalue weighted by Gasteiger charge is -2.30. The zero-order valence-corrected chi connectivity index (χ0v) is 21.4. The fraction of sp³-hybridized carbons (Fsp3) is 0.750. The largest absolute Gasteiger partial charge is 0.276 e. The molecule has 1 unspecified atom stereocenters. The molecule has 0 bridgehead atoms. The molecule has 2 aliphatic heterocycles. The van der Waals surface area contributed by atoms with E-state index in [4.69, 9.17) is 0 Å². The molecule has 32 heavy (non-hydrogen) atoms. The number of amides is 4. The summed E-state index contributed by atoms with van der Waals surface area (Å²) in [5, 5.41) is -0.142. The standard InChI is InChI=1S/C11H19NO2S.C8H11NO2.C3H8S.2CH4/c1-5-6-15-8-7-9(13)12(10(8)14)11(2,3)4;1-8(2,3)9-6(10)4-5-7(9)11;1-2-3-4;;/h8H,5-7H2,1-4H3;4-5H,1-3H3;4H,2-3H2,1H3;2*1H4. The molecular formula is C24H46N2O4S2. The molecular weight excluding hydrogens is 444 g/mol. The van der Waals surface area contributed by atoms with E-state index in [9.17, 15) is 19.2 Å². The van der Waals surface area contributed by atoms with Crippen molar-refractivity contribution < 1.29 is 19.2 Å². The Morgan fingerprint density at radius 2 is 1.28 bits per heavy atom. The highest BCUT2D eigenvalue weighted by Crippen LogP contribution is 2.30. The SMILES string of the molecule is C.C.CC(C)(C)N1C(=O)C=CC1=O.CCCS.CCCSC1CC(=O)N(C(C)(C)C)C1=O. The van der Waals surface area contributed by atoms with Crippen molar-refractivity contribution in [3.8, 4) is 0 Å². The fourth-order valence-electron chi connectivity index (χ4n) is 2.76. The highest BCUT2D eigenvalue weighted by Gasteiger charge is 2.43. The van der Waals surface area contributed by atoms with Crippen molar-refractivity contribution in [1.29, 1.82) is 0 Å². The Morgan fingerprint density at radius 3 is 1.53 bits per heavy atom. The zero-order valence-electron chi connectivity index (χ0n) is 19.7. The summed E-state index contributed by atoms with van der Waals surface area (Å²) < 4.78 is 0. The highest BCUT2D eigenvalue weighted by molar-refractivity contribution is 8.00. The second kappa shape index (κ2) is 15.5. The molecule has 1 saturated heterocycles. The van der Waals surface area contributed by atoms with Crippen LogP contribution in [0, 0.1) is 0 Å². The zero-order chi connectivity index (χ0) is 23.7. The summed E-state index contributed by atoms with van der Waals surface area (Å²) in [6.45, 7) is 15.4. The molecule has 0 radical (unpaired) electrons. The van der Waals surface area contributed by atoms with E-state index in [0.717, 1.165) is 17.9 Å². The maximum Gasteiger partial charge on any atom is 0.254 e. The molecule has 6 nitrogen and oxygen atoms in total. The number of carbonyl (C=O) groups is 4.